The van der Waals surface area contributed by atoms with Gasteiger partial charge < -0.3 is 10.5 Å². The molecule has 0 saturated heterocycles. The Labute approximate surface area is 149 Å². The van der Waals surface area contributed by atoms with E-state index in [1.807, 2.05) is 37.3 Å². The van der Waals surface area contributed by atoms with Gasteiger partial charge in [-0.15, -0.1) is 0 Å². The van der Waals surface area contributed by atoms with Crippen LogP contribution >= 0.6 is 0 Å². The lowest BCUT2D eigenvalue weighted by molar-refractivity contribution is 0.366. The van der Waals surface area contributed by atoms with Crippen molar-refractivity contribution in [3.63, 3.8) is 0 Å². The van der Waals surface area contributed by atoms with Crippen molar-refractivity contribution in [3.8, 4) is 17.6 Å². The second-order valence-corrected chi connectivity index (χ2v) is 6.00. The van der Waals surface area contributed by atoms with Gasteiger partial charge in [0.25, 0.3) is 0 Å². The molecule has 26 heavy (non-hydrogen) atoms. The molecule has 1 aromatic heterocycles. The lowest BCUT2D eigenvalue weighted by atomic mass is 9.84. The Bertz CT molecular complexity index is 1060. The van der Waals surface area contributed by atoms with Gasteiger partial charge in [0.05, 0.1) is 22.9 Å². The number of halogens is 1. The molecule has 0 amide bonds. The fourth-order valence-corrected chi connectivity index (χ4v) is 3.28. The highest BCUT2D eigenvalue weighted by molar-refractivity contribution is 5.57. The van der Waals surface area contributed by atoms with Gasteiger partial charge in [-0.05, 0) is 25.1 Å². The number of nitriles is 1. The second-order valence-electron chi connectivity index (χ2n) is 6.00. The van der Waals surface area contributed by atoms with Crippen LogP contribution in [0.15, 0.2) is 66.1 Å². The number of benzene rings is 2. The molecule has 1 aliphatic heterocycles. The maximum absolute atomic E-state index is 14.5. The number of para-hydroxylation sites is 1. The van der Waals surface area contributed by atoms with Crippen LogP contribution in [-0.2, 0) is 0 Å². The number of aromatic nitrogens is 2. The van der Waals surface area contributed by atoms with Crippen molar-refractivity contribution in [2.24, 2.45) is 5.73 Å². The summed E-state index contributed by atoms with van der Waals surface area (Å²) in [5.41, 5.74) is 8.64. The van der Waals surface area contributed by atoms with Gasteiger partial charge in [0, 0.05) is 5.56 Å². The molecule has 4 rings (SSSR count). The fraction of sp³-hybridized carbons (Fsp3) is 0.100. The zero-order chi connectivity index (χ0) is 18.3. The number of nitrogens with zero attached hydrogens (tertiary/aromatic N) is 3. The molecule has 2 heterocycles. The van der Waals surface area contributed by atoms with E-state index in [0.29, 0.717) is 22.7 Å². The molecule has 2 aromatic carbocycles. The van der Waals surface area contributed by atoms with E-state index in [2.05, 4.69) is 11.2 Å². The first-order valence-electron chi connectivity index (χ1n) is 8.08. The number of ether oxygens (including phenoxy) is 1. The lowest BCUT2D eigenvalue weighted by Crippen LogP contribution is -2.22. The van der Waals surface area contributed by atoms with Crippen molar-refractivity contribution in [3.05, 3.63) is 88.7 Å². The van der Waals surface area contributed by atoms with E-state index in [1.54, 1.807) is 22.9 Å². The summed E-state index contributed by atoms with van der Waals surface area (Å²) >= 11 is 0. The molecular weight excluding hydrogens is 331 g/mol. The normalized spacial score (nSPS) is 16.0. The van der Waals surface area contributed by atoms with Crippen molar-refractivity contribution < 1.29 is 9.13 Å². The maximum atomic E-state index is 14.5. The summed E-state index contributed by atoms with van der Waals surface area (Å²) in [5.74, 6) is -0.705. The number of fused-ring (bicyclic) bond motifs is 1. The highest BCUT2D eigenvalue weighted by atomic mass is 19.1. The Balaban J connectivity index is 1.99. The van der Waals surface area contributed by atoms with Crippen molar-refractivity contribution in [1.82, 2.24) is 9.78 Å². The minimum Gasteiger partial charge on any atom is -0.422 e. The van der Waals surface area contributed by atoms with Crippen LogP contribution in [0.2, 0.25) is 0 Å². The summed E-state index contributed by atoms with van der Waals surface area (Å²) in [6.07, 6.45) is 0. The summed E-state index contributed by atoms with van der Waals surface area (Å²) in [7, 11) is 0. The van der Waals surface area contributed by atoms with Gasteiger partial charge in [-0.1, -0.05) is 36.4 Å². The first-order valence-corrected chi connectivity index (χ1v) is 8.08. The first kappa shape index (κ1) is 15.9. The van der Waals surface area contributed by atoms with Crippen LogP contribution in [0.3, 0.4) is 0 Å². The van der Waals surface area contributed by atoms with E-state index in [0.717, 1.165) is 5.69 Å². The van der Waals surface area contributed by atoms with E-state index >= 15 is 0 Å². The number of allylic oxidation sites excluding steroid dienone is 1. The molecule has 5 nitrogen and oxygen atoms in total. The van der Waals surface area contributed by atoms with Gasteiger partial charge in [0.2, 0.25) is 11.8 Å². The monoisotopic (exact) mass is 346 g/mol. The number of hydrogen-bond acceptors (Lipinski definition) is 4. The van der Waals surface area contributed by atoms with E-state index in [4.69, 9.17) is 10.5 Å². The van der Waals surface area contributed by atoms with Crippen LogP contribution in [0, 0.1) is 24.1 Å². The van der Waals surface area contributed by atoms with Gasteiger partial charge in [-0.2, -0.15) is 10.4 Å². The predicted octanol–water partition coefficient (Wildman–Crippen LogP) is 3.54. The van der Waals surface area contributed by atoms with Crippen LogP contribution in [0.5, 0.6) is 5.88 Å². The number of aryl methyl sites for hydroxylation is 1. The molecule has 2 N–H and O–H groups in total. The van der Waals surface area contributed by atoms with Gasteiger partial charge in [0.15, 0.2) is 0 Å². The van der Waals surface area contributed by atoms with Crippen LogP contribution in [0.1, 0.15) is 22.7 Å². The predicted molar refractivity (Wildman–Crippen MR) is 94.0 cm³/mol. The molecule has 0 saturated carbocycles. The summed E-state index contributed by atoms with van der Waals surface area (Å²) in [4.78, 5) is 0. The molecule has 6 heteroatoms. The third-order valence-electron chi connectivity index (χ3n) is 4.45. The Morgan fingerprint density at radius 2 is 1.85 bits per heavy atom. The molecule has 3 aromatic rings. The second kappa shape index (κ2) is 6.05. The van der Waals surface area contributed by atoms with Crippen LogP contribution < -0.4 is 10.5 Å². The van der Waals surface area contributed by atoms with Crippen molar-refractivity contribution >= 4 is 0 Å². The van der Waals surface area contributed by atoms with E-state index < -0.39 is 11.7 Å². The molecule has 0 spiro atoms. The highest BCUT2D eigenvalue weighted by Gasteiger charge is 2.37. The largest absolute Gasteiger partial charge is 0.422 e. The smallest absolute Gasteiger partial charge is 0.229 e. The van der Waals surface area contributed by atoms with Crippen LogP contribution in [0.4, 0.5) is 4.39 Å². The van der Waals surface area contributed by atoms with E-state index in [9.17, 15) is 9.65 Å². The molecule has 1 atom stereocenters. The first-order chi connectivity index (χ1) is 12.6. The molecule has 128 valence electrons. The van der Waals surface area contributed by atoms with Crippen molar-refractivity contribution in [1.29, 1.82) is 5.26 Å². The average molecular weight is 346 g/mol. The molecule has 1 unspecified atom stereocenters. The van der Waals surface area contributed by atoms with Gasteiger partial charge in [0.1, 0.15) is 17.5 Å². The quantitative estimate of drug-likeness (QED) is 0.770. The third-order valence-corrected chi connectivity index (χ3v) is 4.45. The summed E-state index contributed by atoms with van der Waals surface area (Å²) in [6.45, 7) is 1.81. The Hall–Kier alpha value is -3.59. The standard InChI is InChI=1S/C20H15FN4O/c1-12-17-18(14-9-5-6-10-16(14)21)15(11-22)19(23)26-20(17)25(24-12)13-7-3-2-4-8-13/h2-10,18H,23H2,1H3. The van der Waals surface area contributed by atoms with Gasteiger partial charge in [-0.3, -0.25) is 0 Å². The van der Waals surface area contributed by atoms with Crippen LogP contribution in [-0.4, -0.2) is 9.78 Å². The molecule has 1 aliphatic rings. The van der Waals surface area contributed by atoms with E-state index in [1.165, 1.54) is 6.07 Å². The maximum Gasteiger partial charge on any atom is 0.229 e. The fourth-order valence-electron chi connectivity index (χ4n) is 3.28. The number of rotatable bonds is 2. The minimum atomic E-state index is -0.664. The Morgan fingerprint density at radius 3 is 2.54 bits per heavy atom. The summed E-state index contributed by atoms with van der Waals surface area (Å²) in [5, 5.41) is 14.2. The highest BCUT2D eigenvalue weighted by Crippen LogP contribution is 2.45. The molecule has 0 aliphatic carbocycles. The van der Waals surface area contributed by atoms with Crippen molar-refractivity contribution in [2.45, 2.75) is 12.8 Å². The van der Waals surface area contributed by atoms with Crippen LogP contribution in [0.25, 0.3) is 5.69 Å². The molecule has 0 fully saturated rings. The van der Waals surface area contributed by atoms with Crippen molar-refractivity contribution in [2.75, 3.05) is 0 Å². The zero-order valence-electron chi connectivity index (χ0n) is 14.0. The summed E-state index contributed by atoms with van der Waals surface area (Å²) in [6, 6.07) is 17.9. The minimum absolute atomic E-state index is 0.0367. The SMILES string of the molecule is Cc1nn(-c2ccccc2)c2c1C(c1ccccc1F)C(C#N)=C(N)O2. The Morgan fingerprint density at radius 1 is 1.15 bits per heavy atom. The Kier molecular flexibility index (Phi) is 3.70. The summed E-state index contributed by atoms with van der Waals surface area (Å²) < 4.78 is 21.9. The molecular formula is C20H15FN4O. The molecule has 0 bridgehead atoms. The van der Waals surface area contributed by atoms with Gasteiger partial charge >= 0.3 is 0 Å². The topological polar surface area (TPSA) is 76.9 Å². The average Bonchev–Trinajstić information content (AvgIpc) is 2.98. The lowest BCUT2D eigenvalue weighted by Gasteiger charge is -2.25. The number of hydrogen-bond donors (Lipinski definition) is 1. The third kappa shape index (κ3) is 2.33. The number of nitrogens with two attached hydrogens (primary N) is 1. The van der Waals surface area contributed by atoms with E-state index in [-0.39, 0.29) is 11.5 Å². The van der Waals surface area contributed by atoms with Gasteiger partial charge in [-0.25, -0.2) is 9.07 Å². The molecule has 0 radical (unpaired) electrons. The zero-order valence-corrected chi connectivity index (χ0v) is 14.0.